The standard InChI is InChI=1S/C14H14F3NO5S/c15-14(16,17)8-18-4-3-12(13(18)19)24(20,21)9-1-2-10-11(7-9)23-6-5-22-10/h1-2,7,12H,3-6,8H2. The van der Waals surface area contributed by atoms with Gasteiger partial charge in [0.1, 0.15) is 25.0 Å². The Kier molecular flexibility index (Phi) is 4.10. The fourth-order valence-corrected chi connectivity index (χ4v) is 4.42. The van der Waals surface area contributed by atoms with Crippen molar-refractivity contribution in [1.29, 1.82) is 0 Å². The molecule has 1 saturated heterocycles. The van der Waals surface area contributed by atoms with E-state index in [0.29, 0.717) is 17.3 Å². The van der Waals surface area contributed by atoms with Crippen LogP contribution >= 0.6 is 0 Å². The third-order valence-corrected chi connectivity index (χ3v) is 5.93. The van der Waals surface area contributed by atoms with Crippen LogP contribution in [0.25, 0.3) is 0 Å². The van der Waals surface area contributed by atoms with Gasteiger partial charge in [-0.05, 0) is 18.6 Å². The molecule has 1 unspecified atom stereocenters. The summed E-state index contributed by atoms with van der Waals surface area (Å²) in [5, 5.41) is -1.51. The van der Waals surface area contributed by atoms with Crippen LogP contribution in [0.1, 0.15) is 6.42 Å². The summed E-state index contributed by atoms with van der Waals surface area (Å²) in [4.78, 5) is 12.4. The summed E-state index contributed by atoms with van der Waals surface area (Å²) in [5.41, 5.74) is 0. The van der Waals surface area contributed by atoms with Crippen LogP contribution in [0.15, 0.2) is 23.1 Å². The molecule has 6 nitrogen and oxygen atoms in total. The smallest absolute Gasteiger partial charge is 0.406 e. The predicted octanol–water partition coefficient (Wildman–Crippen LogP) is 1.39. The Hall–Kier alpha value is -1.97. The Morgan fingerprint density at radius 2 is 1.83 bits per heavy atom. The molecule has 0 aliphatic carbocycles. The number of carbonyl (C=O) groups is 1. The number of fused-ring (bicyclic) bond motifs is 1. The van der Waals surface area contributed by atoms with E-state index in [4.69, 9.17) is 9.47 Å². The van der Waals surface area contributed by atoms with Crippen molar-refractivity contribution in [2.24, 2.45) is 0 Å². The van der Waals surface area contributed by atoms with Crippen molar-refractivity contribution in [3.8, 4) is 11.5 Å². The number of amides is 1. The van der Waals surface area contributed by atoms with E-state index in [-0.39, 0.29) is 30.2 Å². The molecular weight excluding hydrogens is 351 g/mol. The SMILES string of the molecule is O=C1C(S(=O)(=O)c2ccc3c(c2)OCCO3)CCN1CC(F)(F)F. The molecule has 1 aromatic carbocycles. The lowest BCUT2D eigenvalue weighted by Crippen LogP contribution is -2.39. The summed E-state index contributed by atoms with van der Waals surface area (Å²) < 4.78 is 73.2. The van der Waals surface area contributed by atoms with Gasteiger partial charge in [-0.25, -0.2) is 8.42 Å². The van der Waals surface area contributed by atoms with E-state index in [1.54, 1.807) is 0 Å². The molecule has 3 rings (SSSR count). The molecule has 24 heavy (non-hydrogen) atoms. The third kappa shape index (κ3) is 3.14. The van der Waals surface area contributed by atoms with Crippen LogP contribution in [-0.2, 0) is 14.6 Å². The van der Waals surface area contributed by atoms with E-state index < -0.39 is 33.7 Å². The molecule has 0 N–H and O–H groups in total. The van der Waals surface area contributed by atoms with Gasteiger partial charge >= 0.3 is 6.18 Å². The second-order valence-corrected chi connectivity index (χ2v) is 7.63. The zero-order valence-electron chi connectivity index (χ0n) is 12.4. The van der Waals surface area contributed by atoms with Gasteiger partial charge in [0.05, 0.1) is 4.90 Å². The number of sulfone groups is 1. The van der Waals surface area contributed by atoms with Crippen LogP contribution in [0, 0.1) is 0 Å². The van der Waals surface area contributed by atoms with Gasteiger partial charge in [0.15, 0.2) is 21.3 Å². The first kappa shape index (κ1) is 16.9. The van der Waals surface area contributed by atoms with Crippen molar-refractivity contribution in [2.75, 3.05) is 26.3 Å². The maximum Gasteiger partial charge on any atom is 0.406 e. The van der Waals surface area contributed by atoms with Crippen molar-refractivity contribution in [2.45, 2.75) is 22.7 Å². The highest BCUT2D eigenvalue weighted by atomic mass is 32.2. The maximum atomic E-state index is 12.6. The summed E-state index contributed by atoms with van der Waals surface area (Å²) in [6.07, 6.45) is -4.74. The van der Waals surface area contributed by atoms with Crippen molar-refractivity contribution < 1.29 is 35.9 Å². The quantitative estimate of drug-likeness (QED) is 0.810. The Morgan fingerprint density at radius 3 is 2.50 bits per heavy atom. The van der Waals surface area contributed by atoms with E-state index in [2.05, 4.69) is 0 Å². The summed E-state index contributed by atoms with van der Waals surface area (Å²) in [7, 11) is -4.10. The van der Waals surface area contributed by atoms with Crippen molar-refractivity contribution in [3.63, 3.8) is 0 Å². The van der Waals surface area contributed by atoms with Gasteiger partial charge < -0.3 is 14.4 Å². The summed E-state index contributed by atoms with van der Waals surface area (Å²) in [6, 6.07) is 3.92. The summed E-state index contributed by atoms with van der Waals surface area (Å²) in [5.74, 6) is -0.404. The van der Waals surface area contributed by atoms with Crippen molar-refractivity contribution >= 4 is 15.7 Å². The first-order valence-electron chi connectivity index (χ1n) is 7.17. The van der Waals surface area contributed by atoms with Crippen LogP contribution in [0.5, 0.6) is 11.5 Å². The van der Waals surface area contributed by atoms with E-state index in [0.717, 1.165) is 0 Å². The molecule has 0 aromatic heterocycles. The van der Waals surface area contributed by atoms with Crippen molar-refractivity contribution in [3.05, 3.63) is 18.2 Å². The zero-order chi connectivity index (χ0) is 17.5. The van der Waals surface area contributed by atoms with Crippen LogP contribution in [0.4, 0.5) is 13.2 Å². The highest BCUT2D eigenvalue weighted by Gasteiger charge is 2.45. The zero-order valence-corrected chi connectivity index (χ0v) is 13.2. The van der Waals surface area contributed by atoms with Gasteiger partial charge in [-0.3, -0.25) is 4.79 Å². The van der Waals surface area contributed by atoms with Crippen molar-refractivity contribution in [1.82, 2.24) is 4.90 Å². The van der Waals surface area contributed by atoms with Crippen LogP contribution < -0.4 is 9.47 Å². The molecule has 1 aromatic rings. The third-order valence-electron chi connectivity index (χ3n) is 3.84. The minimum absolute atomic E-state index is 0.168. The molecule has 2 heterocycles. The van der Waals surface area contributed by atoms with E-state index in [1.165, 1.54) is 18.2 Å². The average molecular weight is 365 g/mol. The van der Waals surface area contributed by atoms with Crippen LogP contribution in [0.2, 0.25) is 0 Å². The number of carbonyl (C=O) groups excluding carboxylic acids is 1. The maximum absolute atomic E-state index is 12.6. The summed E-state index contributed by atoms with van der Waals surface area (Å²) >= 11 is 0. The molecule has 10 heteroatoms. The van der Waals surface area contributed by atoms with Gasteiger partial charge in [0.25, 0.3) is 0 Å². The lowest BCUT2D eigenvalue weighted by molar-refractivity contribution is -0.157. The second-order valence-electron chi connectivity index (χ2n) is 5.50. The molecule has 0 saturated carbocycles. The number of benzene rings is 1. The Morgan fingerprint density at radius 1 is 1.17 bits per heavy atom. The van der Waals surface area contributed by atoms with E-state index in [1.807, 2.05) is 0 Å². The predicted molar refractivity (Wildman–Crippen MR) is 75.7 cm³/mol. The molecular formula is C14H14F3NO5S. The number of halogens is 3. The fourth-order valence-electron chi connectivity index (χ4n) is 2.74. The molecule has 1 atom stereocenters. The lowest BCUT2D eigenvalue weighted by Gasteiger charge is -2.20. The van der Waals surface area contributed by atoms with Crippen LogP contribution in [-0.4, -0.2) is 57.0 Å². The van der Waals surface area contributed by atoms with E-state index >= 15 is 0 Å². The second kappa shape index (κ2) is 5.83. The molecule has 1 fully saturated rings. The molecule has 2 aliphatic heterocycles. The fraction of sp³-hybridized carbons (Fsp3) is 0.500. The average Bonchev–Trinajstić information content (AvgIpc) is 2.86. The highest BCUT2D eigenvalue weighted by Crippen LogP contribution is 2.35. The van der Waals surface area contributed by atoms with Crippen LogP contribution in [0.3, 0.4) is 0 Å². The Balaban J connectivity index is 1.85. The molecule has 1 amide bonds. The Bertz CT molecular complexity index is 762. The first-order valence-corrected chi connectivity index (χ1v) is 8.72. The van der Waals surface area contributed by atoms with Gasteiger partial charge in [0.2, 0.25) is 5.91 Å². The minimum atomic E-state index is -4.56. The number of likely N-dealkylation sites (tertiary alicyclic amines) is 1. The van der Waals surface area contributed by atoms with Gasteiger partial charge in [-0.1, -0.05) is 0 Å². The number of nitrogens with zero attached hydrogens (tertiary/aromatic N) is 1. The lowest BCUT2D eigenvalue weighted by atomic mass is 10.3. The van der Waals surface area contributed by atoms with E-state index in [9.17, 15) is 26.4 Å². The molecule has 132 valence electrons. The largest absolute Gasteiger partial charge is 0.486 e. The minimum Gasteiger partial charge on any atom is -0.486 e. The summed E-state index contributed by atoms with van der Waals surface area (Å²) in [6.45, 7) is -1.09. The van der Waals surface area contributed by atoms with Gasteiger partial charge in [0, 0.05) is 12.6 Å². The molecule has 0 radical (unpaired) electrons. The number of hydrogen-bond donors (Lipinski definition) is 0. The molecule has 0 spiro atoms. The number of rotatable bonds is 3. The number of ether oxygens (including phenoxy) is 2. The van der Waals surface area contributed by atoms with Gasteiger partial charge in [-0.15, -0.1) is 0 Å². The Labute approximate surface area is 136 Å². The highest BCUT2D eigenvalue weighted by molar-refractivity contribution is 7.92. The number of alkyl halides is 3. The topological polar surface area (TPSA) is 72.9 Å². The molecule has 0 bridgehead atoms. The normalized spacial score (nSPS) is 21.2. The van der Waals surface area contributed by atoms with Gasteiger partial charge in [-0.2, -0.15) is 13.2 Å². The first-order chi connectivity index (χ1) is 11.2. The molecule has 2 aliphatic rings. The monoisotopic (exact) mass is 365 g/mol. The number of hydrogen-bond acceptors (Lipinski definition) is 5.